The van der Waals surface area contributed by atoms with Gasteiger partial charge < -0.3 is 24.3 Å². The summed E-state index contributed by atoms with van der Waals surface area (Å²) in [4.78, 5) is 19.9. The molecule has 4 aromatic rings. The highest BCUT2D eigenvalue weighted by atomic mass is 19.4. The highest BCUT2D eigenvalue weighted by molar-refractivity contribution is 6.06. The number of alkyl halides is 3. The fraction of sp³-hybridized carbons (Fsp3) is 0.595. The van der Waals surface area contributed by atoms with E-state index in [4.69, 9.17) is 14.7 Å². The van der Waals surface area contributed by atoms with Crippen LogP contribution >= 0.6 is 0 Å². The number of H-pyrrole nitrogens is 1. The molecule has 9 rings (SSSR count). The number of likely N-dealkylation sites (tertiary alicyclic amines) is 2. The van der Waals surface area contributed by atoms with Gasteiger partial charge in [-0.05, 0) is 99.3 Å². The van der Waals surface area contributed by atoms with Gasteiger partial charge in [-0.25, -0.2) is 4.98 Å². The molecular formula is C37H45F3N8O. The van der Waals surface area contributed by atoms with Crippen molar-refractivity contribution in [3.8, 4) is 16.9 Å². The third-order valence-electron chi connectivity index (χ3n) is 11.7. The first-order valence-electron chi connectivity index (χ1n) is 17.9. The zero-order valence-corrected chi connectivity index (χ0v) is 28.7. The quantitative estimate of drug-likeness (QED) is 0.232. The number of nitrogens with one attached hydrogen (secondary N) is 1. The largest absolute Gasteiger partial charge is 0.481 e. The van der Waals surface area contributed by atoms with Crippen LogP contribution < -0.4 is 14.5 Å². The van der Waals surface area contributed by atoms with Crippen molar-refractivity contribution in [3.63, 3.8) is 0 Å². The Balaban J connectivity index is 1.22. The van der Waals surface area contributed by atoms with Gasteiger partial charge in [-0.3, -0.25) is 5.10 Å². The lowest BCUT2D eigenvalue weighted by Gasteiger charge is -2.53. The summed E-state index contributed by atoms with van der Waals surface area (Å²) in [6.07, 6.45) is 2.61. The zero-order chi connectivity index (χ0) is 33.7. The molecule has 0 atom stereocenters. The van der Waals surface area contributed by atoms with Gasteiger partial charge in [-0.2, -0.15) is 23.3 Å². The minimum absolute atomic E-state index is 0.122. The smallest absolute Gasteiger partial charge is 0.422 e. The number of aryl methyl sites for hydroxylation is 1. The fourth-order valence-corrected chi connectivity index (χ4v) is 9.14. The van der Waals surface area contributed by atoms with Crippen LogP contribution in [0.4, 0.5) is 24.9 Å². The second-order valence-corrected chi connectivity index (χ2v) is 16.1. The van der Waals surface area contributed by atoms with E-state index in [2.05, 4.69) is 49.8 Å². The zero-order valence-electron chi connectivity index (χ0n) is 28.7. The third-order valence-corrected chi connectivity index (χ3v) is 11.7. The highest BCUT2D eigenvalue weighted by Gasteiger charge is 2.45. The second-order valence-electron chi connectivity index (χ2n) is 16.1. The number of aromatic nitrogens is 4. The van der Waals surface area contributed by atoms with Crippen LogP contribution in [0, 0.1) is 17.8 Å². The average molecular weight is 675 g/mol. The summed E-state index contributed by atoms with van der Waals surface area (Å²) in [5, 5.41) is 9.02. The lowest BCUT2D eigenvalue weighted by Crippen LogP contribution is -2.61. The van der Waals surface area contributed by atoms with Gasteiger partial charge in [0.2, 0.25) is 5.95 Å². The molecule has 5 aliphatic rings. The van der Waals surface area contributed by atoms with Crippen LogP contribution in [0.2, 0.25) is 0 Å². The Morgan fingerprint density at radius 3 is 2.37 bits per heavy atom. The molecule has 49 heavy (non-hydrogen) atoms. The van der Waals surface area contributed by atoms with Crippen LogP contribution in [-0.2, 0) is 0 Å². The van der Waals surface area contributed by atoms with Gasteiger partial charge in [0.1, 0.15) is 11.3 Å². The summed E-state index contributed by atoms with van der Waals surface area (Å²) in [5.74, 6) is 1.83. The van der Waals surface area contributed by atoms with E-state index in [0.717, 1.165) is 123 Å². The summed E-state index contributed by atoms with van der Waals surface area (Å²) < 4.78 is 48.1. The van der Waals surface area contributed by atoms with Crippen molar-refractivity contribution in [1.29, 1.82) is 0 Å². The van der Waals surface area contributed by atoms with E-state index in [9.17, 15) is 13.2 Å². The molecule has 1 N–H and O–H groups in total. The van der Waals surface area contributed by atoms with Crippen molar-refractivity contribution in [1.82, 2.24) is 30.0 Å². The number of rotatable bonds is 8. The number of anilines is 2. The first-order chi connectivity index (χ1) is 23.5. The molecule has 1 aliphatic carbocycles. The number of hydrogen-bond donors (Lipinski definition) is 1. The first kappa shape index (κ1) is 31.3. The topological polar surface area (TPSA) is 76.7 Å². The average Bonchev–Trinajstić information content (AvgIpc) is 3.75. The van der Waals surface area contributed by atoms with E-state index in [1.165, 1.54) is 6.42 Å². The predicted octanol–water partition coefficient (Wildman–Crippen LogP) is 6.36. The molecular weight excluding hydrogens is 629 g/mol. The molecule has 1 spiro atoms. The van der Waals surface area contributed by atoms with Gasteiger partial charge in [-0.1, -0.05) is 13.0 Å². The van der Waals surface area contributed by atoms with Crippen LogP contribution in [0.15, 0.2) is 24.4 Å². The Bertz CT molecular complexity index is 1910. The van der Waals surface area contributed by atoms with Crippen molar-refractivity contribution in [3.05, 3.63) is 35.5 Å². The standard InChI is InChI=1S/C37H45F3N8O/c1-23-5-8-28-27(16-41-44-28)29(23)30-25(24-6-7-24)15-26-31(32(30)49-22-37(38,39)40)42-34(48-18-35(2,19-48)17-46-11-4-12-46)43-33(26)47-13-9-36(10-14-47)20-45(3)21-36/h5,8,15-16,24H,4,6-7,9-14,17-22H2,1-3H3,(H,41,44). The molecule has 0 bridgehead atoms. The number of hydrogen-bond acceptors (Lipinski definition) is 8. The van der Waals surface area contributed by atoms with Crippen molar-refractivity contribution in [2.75, 3.05) is 82.4 Å². The minimum Gasteiger partial charge on any atom is -0.481 e. The molecule has 0 radical (unpaired) electrons. The number of piperidine rings is 1. The normalized spacial score (nSPS) is 22.4. The van der Waals surface area contributed by atoms with Gasteiger partial charge in [0, 0.05) is 67.6 Å². The summed E-state index contributed by atoms with van der Waals surface area (Å²) >= 11 is 0. The monoisotopic (exact) mass is 674 g/mol. The molecule has 6 heterocycles. The van der Waals surface area contributed by atoms with Gasteiger partial charge in [-0.15, -0.1) is 0 Å². The number of nitrogens with zero attached hydrogens (tertiary/aromatic N) is 7. The van der Waals surface area contributed by atoms with Crippen LogP contribution in [0.3, 0.4) is 0 Å². The molecule has 5 fully saturated rings. The van der Waals surface area contributed by atoms with Crippen LogP contribution in [0.5, 0.6) is 5.75 Å². The Hall–Kier alpha value is -3.64. The second kappa shape index (κ2) is 11.2. The third kappa shape index (κ3) is 5.59. The Kier molecular flexibility index (Phi) is 7.15. The SMILES string of the molecule is Cc1ccc2[nH]ncc2c1-c1c(C2CC2)cc2c(N3CCC4(CC3)CN(C)C4)nc(N3CC(C)(CN4CCC4)C3)nc2c1OCC(F)(F)F. The van der Waals surface area contributed by atoms with Crippen molar-refractivity contribution in [2.24, 2.45) is 10.8 Å². The number of benzene rings is 2. The lowest BCUT2D eigenvalue weighted by atomic mass is 9.72. The maximum absolute atomic E-state index is 14.0. The molecule has 4 aliphatic heterocycles. The molecule has 4 saturated heterocycles. The van der Waals surface area contributed by atoms with Crippen molar-refractivity contribution in [2.45, 2.75) is 58.0 Å². The summed E-state index contributed by atoms with van der Waals surface area (Å²) in [6, 6.07) is 6.16. The number of ether oxygens (including phenoxy) is 1. The molecule has 2 aromatic heterocycles. The molecule has 0 amide bonds. The number of aromatic amines is 1. The molecule has 9 nitrogen and oxygen atoms in total. The van der Waals surface area contributed by atoms with Gasteiger partial charge >= 0.3 is 6.18 Å². The first-order valence-corrected chi connectivity index (χ1v) is 17.9. The molecule has 260 valence electrons. The predicted molar refractivity (Wildman–Crippen MR) is 186 cm³/mol. The maximum atomic E-state index is 14.0. The van der Waals surface area contributed by atoms with E-state index in [1.54, 1.807) is 6.20 Å². The van der Waals surface area contributed by atoms with E-state index < -0.39 is 12.8 Å². The number of halogens is 3. The van der Waals surface area contributed by atoms with Gasteiger partial charge in [0.25, 0.3) is 0 Å². The fourth-order valence-electron chi connectivity index (χ4n) is 9.14. The molecule has 2 aromatic carbocycles. The van der Waals surface area contributed by atoms with E-state index in [-0.39, 0.29) is 17.1 Å². The van der Waals surface area contributed by atoms with Gasteiger partial charge in [0.05, 0.1) is 11.7 Å². The van der Waals surface area contributed by atoms with E-state index >= 15 is 0 Å². The van der Waals surface area contributed by atoms with E-state index in [0.29, 0.717) is 22.4 Å². The molecule has 0 unspecified atom stereocenters. The Labute approximate surface area is 284 Å². The molecule has 1 saturated carbocycles. The van der Waals surface area contributed by atoms with Crippen LogP contribution in [0.25, 0.3) is 32.9 Å². The molecule has 12 heteroatoms. The summed E-state index contributed by atoms with van der Waals surface area (Å²) in [7, 11) is 2.18. The minimum atomic E-state index is -4.51. The van der Waals surface area contributed by atoms with Gasteiger partial charge in [0.15, 0.2) is 12.4 Å². The van der Waals surface area contributed by atoms with Crippen LogP contribution in [-0.4, -0.2) is 109 Å². The van der Waals surface area contributed by atoms with E-state index in [1.807, 2.05) is 19.1 Å². The van der Waals surface area contributed by atoms with Crippen molar-refractivity contribution >= 4 is 33.6 Å². The highest BCUT2D eigenvalue weighted by Crippen LogP contribution is 2.53. The Morgan fingerprint density at radius 1 is 0.959 bits per heavy atom. The summed E-state index contributed by atoms with van der Waals surface area (Å²) in [5.41, 5.74) is 5.30. The maximum Gasteiger partial charge on any atom is 0.422 e. The summed E-state index contributed by atoms with van der Waals surface area (Å²) in [6.45, 7) is 11.8. The Morgan fingerprint density at radius 2 is 1.71 bits per heavy atom. The number of fused-ring (bicyclic) bond motifs is 2. The lowest BCUT2D eigenvalue weighted by molar-refractivity contribution is -0.153. The van der Waals surface area contributed by atoms with Crippen LogP contribution in [0.1, 0.15) is 56.1 Å². The van der Waals surface area contributed by atoms with Crippen molar-refractivity contribution < 1.29 is 17.9 Å².